The number of H-pyrrole nitrogens is 1. The molecule has 0 radical (unpaired) electrons. The van der Waals surface area contributed by atoms with E-state index >= 15 is 0 Å². The maximum absolute atomic E-state index is 12.7. The minimum Gasteiger partial charge on any atom is -0.497 e. The molecule has 4 rings (SSSR count). The normalized spacial score (nSPS) is 18.0. The highest BCUT2D eigenvalue weighted by molar-refractivity contribution is 7.16. The fourth-order valence-corrected chi connectivity index (χ4v) is 5.25. The number of thiophene rings is 1. The van der Waals surface area contributed by atoms with E-state index in [1.165, 1.54) is 11.3 Å². The molecule has 180 valence electrons. The predicted molar refractivity (Wildman–Crippen MR) is 127 cm³/mol. The molecule has 1 aliphatic rings. The zero-order valence-corrected chi connectivity index (χ0v) is 19.7. The first-order valence-electron chi connectivity index (χ1n) is 11.2. The van der Waals surface area contributed by atoms with E-state index in [0.29, 0.717) is 34.6 Å². The summed E-state index contributed by atoms with van der Waals surface area (Å²) in [7, 11) is 1.57. The van der Waals surface area contributed by atoms with E-state index < -0.39 is 17.4 Å². The number of nitrogens with one attached hydrogen (secondary N) is 2. The second kappa shape index (κ2) is 10.8. The van der Waals surface area contributed by atoms with E-state index in [4.69, 9.17) is 9.47 Å². The highest BCUT2D eigenvalue weighted by Crippen LogP contribution is 2.31. The van der Waals surface area contributed by atoms with E-state index in [2.05, 4.69) is 15.3 Å². The van der Waals surface area contributed by atoms with Crippen LogP contribution in [0.2, 0.25) is 0 Å². The molecule has 2 heterocycles. The average Bonchev–Trinajstić information content (AvgIpc) is 3.26. The van der Waals surface area contributed by atoms with Crippen molar-refractivity contribution >= 4 is 33.4 Å². The largest absolute Gasteiger partial charge is 0.497 e. The highest BCUT2D eigenvalue weighted by atomic mass is 32.1. The number of aromatic amines is 1. The lowest BCUT2D eigenvalue weighted by Crippen LogP contribution is -2.30. The van der Waals surface area contributed by atoms with Crippen LogP contribution in [0.15, 0.2) is 34.4 Å². The molecule has 9 nitrogen and oxygen atoms in total. The summed E-state index contributed by atoms with van der Waals surface area (Å²) in [6.45, 7) is 0.791. The number of carboxylic acids is 1. The molecule has 10 heteroatoms. The molecule has 1 aromatic carbocycles. The molecule has 0 bridgehead atoms. The van der Waals surface area contributed by atoms with Gasteiger partial charge in [-0.25, -0.2) is 4.98 Å². The van der Waals surface area contributed by atoms with E-state index in [9.17, 15) is 19.5 Å². The fraction of sp³-hybridized carbons (Fsp3) is 0.417. The smallest absolute Gasteiger partial charge is 0.306 e. The summed E-state index contributed by atoms with van der Waals surface area (Å²) in [6.07, 6.45) is 3.44. The molecule has 0 saturated heterocycles. The molecule has 0 spiro atoms. The summed E-state index contributed by atoms with van der Waals surface area (Å²) in [4.78, 5) is 44.1. The Hall–Kier alpha value is -3.24. The number of carboxylic acid groups (broad SMARTS) is 1. The zero-order chi connectivity index (χ0) is 24.1. The number of aliphatic carboxylic acids is 1. The number of benzene rings is 1. The van der Waals surface area contributed by atoms with Crippen LogP contribution < -0.4 is 15.6 Å². The number of carbonyl (C=O) groups is 2. The maximum atomic E-state index is 12.7. The third-order valence-electron chi connectivity index (χ3n) is 6.14. The second-order valence-corrected chi connectivity index (χ2v) is 9.25. The molecule has 2 unspecified atom stereocenters. The van der Waals surface area contributed by atoms with Crippen LogP contribution in [-0.2, 0) is 22.7 Å². The van der Waals surface area contributed by atoms with Gasteiger partial charge in [-0.15, -0.1) is 11.3 Å². The number of fused-ring (bicyclic) bond motifs is 1. The lowest BCUT2D eigenvalue weighted by atomic mass is 9.80. The molecule has 1 aliphatic carbocycles. The van der Waals surface area contributed by atoms with Crippen LogP contribution in [0, 0.1) is 11.8 Å². The van der Waals surface area contributed by atoms with Crippen LogP contribution >= 0.6 is 11.3 Å². The molecule has 3 aromatic rings. The van der Waals surface area contributed by atoms with Crippen LogP contribution in [0.5, 0.6) is 5.75 Å². The Kier molecular flexibility index (Phi) is 7.59. The van der Waals surface area contributed by atoms with Gasteiger partial charge in [0.1, 0.15) is 10.6 Å². The number of aromatic nitrogens is 2. The van der Waals surface area contributed by atoms with Gasteiger partial charge in [0.05, 0.1) is 31.6 Å². The predicted octanol–water partition coefficient (Wildman–Crippen LogP) is 3.33. The van der Waals surface area contributed by atoms with Crippen LogP contribution in [0.3, 0.4) is 0 Å². The first-order valence-corrected chi connectivity index (χ1v) is 12.1. The van der Waals surface area contributed by atoms with Gasteiger partial charge in [0.25, 0.3) is 11.5 Å². The van der Waals surface area contributed by atoms with Gasteiger partial charge in [-0.3, -0.25) is 14.4 Å². The van der Waals surface area contributed by atoms with Crippen LogP contribution in [-0.4, -0.2) is 40.7 Å². The number of carbonyl (C=O) groups excluding carboxylic acids is 1. The maximum Gasteiger partial charge on any atom is 0.306 e. The molecule has 3 N–H and O–H groups in total. The summed E-state index contributed by atoms with van der Waals surface area (Å²) in [6, 6.07) is 7.32. The standard InChI is InChI=1S/C24H27N3O6S/c1-32-17-7-4-5-14(9-17)10-25-22(29)20-26-21(28)19-16(13-34-23(19)27-20)12-33-11-15-6-2-3-8-18(15)24(30)31/h4-5,7,9,13,15,18H,2-3,6,8,10-12H2,1H3,(H,25,29)(H,30,31)(H,26,27,28). The van der Waals surface area contributed by atoms with Gasteiger partial charge < -0.3 is 24.9 Å². The second-order valence-electron chi connectivity index (χ2n) is 8.39. The fourth-order valence-electron chi connectivity index (χ4n) is 4.32. The number of hydrogen-bond donors (Lipinski definition) is 3. The Balaban J connectivity index is 1.40. The summed E-state index contributed by atoms with van der Waals surface area (Å²) in [5.74, 6) is -1.02. The summed E-state index contributed by atoms with van der Waals surface area (Å²) in [5.41, 5.74) is 1.13. The van der Waals surface area contributed by atoms with Gasteiger partial charge in [-0.1, -0.05) is 25.0 Å². The molecular weight excluding hydrogens is 458 g/mol. The third-order valence-corrected chi connectivity index (χ3v) is 7.06. The minimum atomic E-state index is -0.771. The molecule has 2 aromatic heterocycles. The van der Waals surface area contributed by atoms with Crippen molar-refractivity contribution in [2.45, 2.75) is 38.8 Å². The first kappa shape index (κ1) is 23.9. The van der Waals surface area contributed by atoms with Gasteiger partial charge in [-0.05, 0) is 41.8 Å². The number of rotatable bonds is 9. The van der Waals surface area contributed by atoms with Gasteiger partial charge >= 0.3 is 5.97 Å². The highest BCUT2D eigenvalue weighted by Gasteiger charge is 2.30. The molecule has 34 heavy (non-hydrogen) atoms. The molecular formula is C24H27N3O6S. The number of nitrogens with zero attached hydrogens (tertiary/aromatic N) is 1. The molecule has 1 fully saturated rings. The molecule has 1 saturated carbocycles. The number of hydrogen-bond acceptors (Lipinski definition) is 7. The van der Waals surface area contributed by atoms with Crippen molar-refractivity contribution in [3.8, 4) is 5.75 Å². The Bertz CT molecular complexity index is 1240. The quantitative estimate of drug-likeness (QED) is 0.424. The molecule has 1 amide bonds. The Morgan fingerprint density at radius 1 is 1.29 bits per heavy atom. The summed E-state index contributed by atoms with van der Waals surface area (Å²) in [5, 5.41) is 14.4. The van der Waals surface area contributed by atoms with Crippen LogP contribution in [0.4, 0.5) is 0 Å². The monoisotopic (exact) mass is 485 g/mol. The average molecular weight is 486 g/mol. The Morgan fingerprint density at radius 2 is 2.12 bits per heavy atom. The number of methoxy groups -OCH3 is 1. The summed E-state index contributed by atoms with van der Waals surface area (Å²) >= 11 is 1.27. The van der Waals surface area contributed by atoms with Crippen molar-refractivity contribution in [2.75, 3.05) is 13.7 Å². The van der Waals surface area contributed by atoms with Crippen molar-refractivity contribution in [2.24, 2.45) is 11.8 Å². The van der Waals surface area contributed by atoms with Crippen molar-refractivity contribution in [1.82, 2.24) is 15.3 Å². The van der Waals surface area contributed by atoms with Crippen LogP contribution in [0.1, 0.15) is 47.4 Å². The number of ether oxygens (including phenoxy) is 2. The van der Waals surface area contributed by atoms with Crippen molar-refractivity contribution in [1.29, 1.82) is 0 Å². The van der Waals surface area contributed by atoms with Crippen molar-refractivity contribution in [3.63, 3.8) is 0 Å². The van der Waals surface area contributed by atoms with E-state index in [0.717, 1.165) is 24.8 Å². The van der Waals surface area contributed by atoms with E-state index in [1.807, 2.05) is 24.3 Å². The lowest BCUT2D eigenvalue weighted by Gasteiger charge is -2.28. The van der Waals surface area contributed by atoms with Crippen molar-refractivity contribution in [3.05, 3.63) is 57.0 Å². The first-order chi connectivity index (χ1) is 16.5. The third kappa shape index (κ3) is 5.45. The van der Waals surface area contributed by atoms with Gasteiger partial charge in [0.2, 0.25) is 5.82 Å². The Labute approximate surface area is 200 Å². The minimum absolute atomic E-state index is 0.0209. The van der Waals surface area contributed by atoms with Crippen molar-refractivity contribution < 1.29 is 24.2 Å². The number of amides is 1. The van der Waals surface area contributed by atoms with Gasteiger partial charge in [0.15, 0.2) is 0 Å². The topological polar surface area (TPSA) is 131 Å². The van der Waals surface area contributed by atoms with E-state index in [-0.39, 0.29) is 30.8 Å². The molecule has 0 aliphatic heterocycles. The summed E-state index contributed by atoms with van der Waals surface area (Å²) < 4.78 is 11.0. The van der Waals surface area contributed by atoms with Crippen LogP contribution in [0.25, 0.3) is 10.2 Å². The lowest BCUT2D eigenvalue weighted by molar-refractivity contribution is -0.146. The SMILES string of the molecule is COc1cccc(CNC(=O)c2nc3scc(COCC4CCCCC4C(=O)O)c3c(=O)[nH]2)c1. The molecule has 2 atom stereocenters. The van der Waals surface area contributed by atoms with Gasteiger partial charge in [0, 0.05) is 12.1 Å². The van der Waals surface area contributed by atoms with E-state index in [1.54, 1.807) is 12.5 Å². The van der Waals surface area contributed by atoms with Gasteiger partial charge in [-0.2, -0.15) is 0 Å². The zero-order valence-electron chi connectivity index (χ0n) is 18.8. The Morgan fingerprint density at radius 3 is 2.91 bits per heavy atom.